The first-order valence-corrected chi connectivity index (χ1v) is 8.91. The predicted molar refractivity (Wildman–Crippen MR) is 98.9 cm³/mol. The summed E-state index contributed by atoms with van der Waals surface area (Å²) < 4.78 is 0. The summed E-state index contributed by atoms with van der Waals surface area (Å²) in [7, 11) is 0. The molecule has 0 amide bonds. The van der Waals surface area contributed by atoms with Gasteiger partial charge in [0.1, 0.15) is 5.78 Å². The van der Waals surface area contributed by atoms with E-state index in [2.05, 4.69) is 0 Å². The maximum atomic E-state index is 10.6. The number of aryl methyl sites for hydroxylation is 1. The van der Waals surface area contributed by atoms with E-state index in [4.69, 9.17) is 0 Å². The highest BCUT2D eigenvalue weighted by molar-refractivity contribution is 5.75. The van der Waals surface area contributed by atoms with Crippen molar-refractivity contribution in [2.45, 2.75) is 57.5 Å². The Kier molecular flexibility index (Phi) is 7.20. The smallest absolute Gasteiger partial charge is 0.130 e. The third-order valence-electron chi connectivity index (χ3n) is 4.60. The van der Waals surface area contributed by atoms with Crippen molar-refractivity contribution in [3.05, 3.63) is 71.8 Å². The van der Waals surface area contributed by atoms with Crippen LogP contribution in [0.25, 0.3) is 0 Å². The molecule has 0 heterocycles. The van der Waals surface area contributed by atoms with Crippen molar-refractivity contribution in [2.24, 2.45) is 0 Å². The quantitative estimate of drug-likeness (QED) is 0.855. The van der Waals surface area contributed by atoms with Crippen LogP contribution in [0.4, 0.5) is 0 Å². The summed E-state index contributed by atoms with van der Waals surface area (Å²) in [4.78, 5) is 10.6. The van der Waals surface area contributed by atoms with E-state index in [0.717, 1.165) is 37.7 Å². The lowest BCUT2D eigenvalue weighted by atomic mass is 9.80. The number of rotatable bonds is 4. The fourth-order valence-corrected chi connectivity index (χ4v) is 3.14. The number of carbonyl (C=O) groups is 1. The topological polar surface area (TPSA) is 37.3 Å². The fraction of sp³-hybridized carbons (Fsp3) is 0.409. The van der Waals surface area contributed by atoms with E-state index in [1.54, 1.807) is 6.92 Å². The van der Waals surface area contributed by atoms with Crippen molar-refractivity contribution in [3.63, 3.8) is 0 Å². The molecule has 2 nitrogen and oxygen atoms in total. The van der Waals surface area contributed by atoms with Crippen LogP contribution in [0.5, 0.6) is 0 Å². The number of hydrogen-bond donors (Lipinski definition) is 1. The Bertz CT molecular complexity index is 598. The van der Waals surface area contributed by atoms with Gasteiger partial charge in [-0.05, 0) is 37.3 Å². The second-order valence-electron chi connectivity index (χ2n) is 6.65. The molecule has 0 unspecified atom stereocenters. The number of benzene rings is 2. The first kappa shape index (κ1) is 18.4. The summed E-state index contributed by atoms with van der Waals surface area (Å²) in [6.07, 6.45) is 6.97. The molecule has 0 aliphatic heterocycles. The maximum Gasteiger partial charge on any atom is 0.130 e. The Morgan fingerprint density at radius 3 is 2.00 bits per heavy atom. The molecule has 1 saturated carbocycles. The molecule has 0 spiro atoms. The SMILES string of the molecule is CC(=O)CCc1ccccc1.OC1(c2ccccc2)CCCCC1. The first-order valence-electron chi connectivity index (χ1n) is 8.91. The van der Waals surface area contributed by atoms with Gasteiger partial charge in [0.05, 0.1) is 5.60 Å². The summed E-state index contributed by atoms with van der Waals surface area (Å²) in [6, 6.07) is 20.1. The van der Waals surface area contributed by atoms with E-state index in [0.29, 0.717) is 6.42 Å². The summed E-state index contributed by atoms with van der Waals surface area (Å²) >= 11 is 0. The summed E-state index contributed by atoms with van der Waals surface area (Å²) in [5.74, 6) is 0.258. The van der Waals surface area contributed by atoms with E-state index >= 15 is 0 Å². The number of ketones is 1. The molecule has 1 fully saturated rings. The van der Waals surface area contributed by atoms with Crippen molar-refractivity contribution in [3.8, 4) is 0 Å². The standard InChI is InChI=1S/C12H16O.C10H12O/c13-12(9-5-2-6-10-12)11-7-3-1-4-8-11;1-9(11)7-8-10-5-3-2-4-6-10/h1,3-4,7-8,13H,2,5-6,9-10H2;2-6H,7-8H2,1H3. The van der Waals surface area contributed by atoms with E-state index in [1.165, 1.54) is 12.0 Å². The van der Waals surface area contributed by atoms with Gasteiger partial charge in [-0.15, -0.1) is 0 Å². The molecule has 2 heteroatoms. The van der Waals surface area contributed by atoms with Crippen LogP contribution in [0.15, 0.2) is 60.7 Å². The zero-order valence-corrected chi connectivity index (χ0v) is 14.6. The van der Waals surface area contributed by atoms with Crippen LogP contribution in [0.3, 0.4) is 0 Å². The van der Waals surface area contributed by atoms with Gasteiger partial charge >= 0.3 is 0 Å². The van der Waals surface area contributed by atoms with E-state index in [-0.39, 0.29) is 5.78 Å². The van der Waals surface area contributed by atoms with Crippen molar-refractivity contribution in [2.75, 3.05) is 0 Å². The molecule has 1 aliphatic carbocycles. The molecule has 0 radical (unpaired) electrons. The Morgan fingerprint density at radius 2 is 1.46 bits per heavy atom. The van der Waals surface area contributed by atoms with Crippen LogP contribution in [0, 0.1) is 0 Å². The van der Waals surface area contributed by atoms with Crippen LogP contribution in [0.1, 0.15) is 56.6 Å². The highest BCUT2D eigenvalue weighted by Crippen LogP contribution is 2.36. The summed E-state index contributed by atoms with van der Waals surface area (Å²) in [6.45, 7) is 1.63. The molecule has 0 bridgehead atoms. The summed E-state index contributed by atoms with van der Waals surface area (Å²) in [5, 5.41) is 10.3. The normalized spacial score (nSPS) is 15.9. The lowest BCUT2D eigenvalue weighted by Crippen LogP contribution is -2.28. The number of carbonyl (C=O) groups excluding carboxylic acids is 1. The minimum Gasteiger partial charge on any atom is -0.385 e. The van der Waals surface area contributed by atoms with Crippen molar-refractivity contribution in [1.82, 2.24) is 0 Å². The van der Waals surface area contributed by atoms with Crippen LogP contribution >= 0.6 is 0 Å². The molecular formula is C22H28O2. The molecule has 0 atom stereocenters. The van der Waals surface area contributed by atoms with E-state index in [9.17, 15) is 9.90 Å². The van der Waals surface area contributed by atoms with Crippen molar-refractivity contribution in [1.29, 1.82) is 0 Å². The Balaban J connectivity index is 0.000000177. The van der Waals surface area contributed by atoms with Gasteiger partial charge in [0.2, 0.25) is 0 Å². The molecule has 24 heavy (non-hydrogen) atoms. The number of hydrogen-bond acceptors (Lipinski definition) is 2. The second kappa shape index (κ2) is 9.39. The van der Waals surface area contributed by atoms with Crippen molar-refractivity contribution >= 4 is 5.78 Å². The number of Topliss-reactive ketones (excluding diaryl/α,β-unsaturated/α-hetero) is 1. The van der Waals surface area contributed by atoms with Gasteiger partial charge in [0.25, 0.3) is 0 Å². The second-order valence-corrected chi connectivity index (χ2v) is 6.65. The third-order valence-corrected chi connectivity index (χ3v) is 4.60. The largest absolute Gasteiger partial charge is 0.385 e. The molecule has 128 valence electrons. The molecule has 0 saturated heterocycles. The van der Waals surface area contributed by atoms with Crippen LogP contribution in [-0.2, 0) is 16.8 Å². The molecule has 0 aromatic heterocycles. The average molecular weight is 324 g/mol. The Labute approximate surface area is 145 Å². The number of aliphatic hydroxyl groups is 1. The molecule has 2 aromatic rings. The van der Waals surface area contributed by atoms with Crippen molar-refractivity contribution < 1.29 is 9.90 Å². The molecule has 1 N–H and O–H groups in total. The van der Waals surface area contributed by atoms with Gasteiger partial charge in [-0.1, -0.05) is 79.9 Å². The Morgan fingerprint density at radius 1 is 0.917 bits per heavy atom. The molecule has 1 aliphatic rings. The van der Waals surface area contributed by atoms with Gasteiger partial charge in [0.15, 0.2) is 0 Å². The van der Waals surface area contributed by atoms with Crippen LogP contribution in [-0.4, -0.2) is 10.9 Å². The highest BCUT2D eigenvalue weighted by atomic mass is 16.3. The third kappa shape index (κ3) is 5.93. The zero-order chi connectivity index (χ0) is 17.3. The Hall–Kier alpha value is -1.93. The van der Waals surface area contributed by atoms with Crippen LogP contribution < -0.4 is 0 Å². The summed E-state index contributed by atoms with van der Waals surface area (Å²) in [5.41, 5.74) is 1.80. The average Bonchev–Trinajstić information content (AvgIpc) is 2.63. The van der Waals surface area contributed by atoms with Gasteiger partial charge in [-0.25, -0.2) is 0 Å². The molecule has 3 rings (SSSR count). The first-order chi connectivity index (χ1) is 11.6. The van der Waals surface area contributed by atoms with Gasteiger partial charge in [-0.2, -0.15) is 0 Å². The van der Waals surface area contributed by atoms with Gasteiger partial charge < -0.3 is 9.90 Å². The zero-order valence-electron chi connectivity index (χ0n) is 14.6. The van der Waals surface area contributed by atoms with Gasteiger partial charge in [0, 0.05) is 6.42 Å². The minimum absolute atomic E-state index is 0.258. The lowest BCUT2D eigenvalue weighted by Gasteiger charge is -2.32. The predicted octanol–water partition coefficient (Wildman–Crippen LogP) is 5.05. The lowest BCUT2D eigenvalue weighted by molar-refractivity contribution is -0.116. The fourth-order valence-electron chi connectivity index (χ4n) is 3.14. The van der Waals surface area contributed by atoms with E-state index in [1.807, 2.05) is 60.7 Å². The van der Waals surface area contributed by atoms with E-state index < -0.39 is 5.60 Å². The minimum atomic E-state index is -0.528. The molecular weight excluding hydrogens is 296 g/mol. The molecule has 2 aromatic carbocycles. The monoisotopic (exact) mass is 324 g/mol. The van der Waals surface area contributed by atoms with Crippen LogP contribution in [0.2, 0.25) is 0 Å². The highest BCUT2D eigenvalue weighted by Gasteiger charge is 2.30. The maximum absolute atomic E-state index is 10.6. The van der Waals surface area contributed by atoms with Gasteiger partial charge in [-0.3, -0.25) is 0 Å².